The van der Waals surface area contributed by atoms with Crippen molar-refractivity contribution in [2.45, 2.75) is 52.0 Å². The summed E-state index contributed by atoms with van der Waals surface area (Å²) in [5.74, 6) is 2.31. The van der Waals surface area contributed by atoms with Crippen LogP contribution in [0.4, 0.5) is 0 Å². The van der Waals surface area contributed by atoms with E-state index in [1.165, 1.54) is 5.56 Å². The van der Waals surface area contributed by atoms with Gasteiger partial charge in [0.2, 0.25) is 0 Å². The molecule has 0 spiro atoms. The summed E-state index contributed by atoms with van der Waals surface area (Å²) in [6.45, 7) is 7.19. The number of benzene rings is 2. The molecule has 0 saturated heterocycles. The maximum absolute atomic E-state index is 12.8. The summed E-state index contributed by atoms with van der Waals surface area (Å²) in [6.07, 6.45) is 2.40. The number of allylic oxidation sites excluding steroid dienone is 1. The van der Waals surface area contributed by atoms with Crippen LogP contribution in [-0.2, 0) is 4.79 Å². The van der Waals surface area contributed by atoms with Gasteiger partial charge in [-0.25, -0.2) is 0 Å². The zero-order valence-electron chi connectivity index (χ0n) is 17.8. The molecule has 1 aliphatic heterocycles. The molecule has 4 rings (SSSR count). The largest absolute Gasteiger partial charge is 0.457 e. The molecule has 1 unspecified atom stereocenters. The fraction of sp³-hybridized carbons (Fsp3) is 0.360. The highest BCUT2D eigenvalue weighted by Crippen LogP contribution is 2.37. The van der Waals surface area contributed by atoms with Crippen LogP contribution in [0.1, 0.15) is 63.1 Å². The molecule has 1 heterocycles. The van der Waals surface area contributed by atoms with Crippen molar-refractivity contribution >= 4 is 23.1 Å². The van der Waals surface area contributed by atoms with Crippen LogP contribution in [0.2, 0.25) is 0 Å². The molecule has 2 aliphatic rings. The van der Waals surface area contributed by atoms with E-state index in [1.807, 2.05) is 36.4 Å². The first-order chi connectivity index (χ1) is 14.5. The maximum Gasteiger partial charge on any atom is 0.173 e. The highest BCUT2D eigenvalue weighted by Gasteiger charge is 2.36. The molecule has 4 nitrogen and oxygen atoms in total. The number of Topliss-reactive ketones (excluding diaryl/α,β-unsaturated/α-hetero) is 1. The summed E-state index contributed by atoms with van der Waals surface area (Å²) in [7, 11) is 0. The van der Waals surface area contributed by atoms with Gasteiger partial charge in [-0.15, -0.1) is 0 Å². The standard InChI is InChI=1S/C25H28N2O2S/c1-4-27-21-6-5-7-22(28)23(21)24(26-25(27)30)18-10-14-20(15-11-18)29-19-12-8-17(9-13-19)16(2)3/h8-16,24H,4-7H2,1-3H3,(H,26,30). The van der Waals surface area contributed by atoms with Crippen molar-refractivity contribution in [1.29, 1.82) is 0 Å². The van der Waals surface area contributed by atoms with E-state index >= 15 is 0 Å². The van der Waals surface area contributed by atoms with E-state index in [0.717, 1.165) is 47.7 Å². The van der Waals surface area contributed by atoms with Crippen LogP contribution < -0.4 is 10.1 Å². The Labute approximate surface area is 183 Å². The quantitative estimate of drug-likeness (QED) is 0.614. The van der Waals surface area contributed by atoms with Crippen LogP contribution in [0, 0.1) is 0 Å². The number of thiocarbonyl (C=S) groups is 1. The van der Waals surface area contributed by atoms with E-state index < -0.39 is 0 Å². The molecule has 0 aromatic heterocycles. The Bertz CT molecular complexity index is 977. The second-order valence-corrected chi connectivity index (χ2v) is 8.55. The van der Waals surface area contributed by atoms with Crippen molar-refractivity contribution in [3.8, 4) is 11.5 Å². The van der Waals surface area contributed by atoms with Gasteiger partial charge in [-0.1, -0.05) is 38.1 Å². The predicted molar refractivity (Wildman–Crippen MR) is 124 cm³/mol. The number of carbonyl (C=O) groups excluding carboxylic acids is 1. The molecule has 0 fully saturated rings. The van der Waals surface area contributed by atoms with E-state index in [1.54, 1.807) is 0 Å². The summed E-state index contributed by atoms with van der Waals surface area (Å²) in [5, 5.41) is 4.08. The van der Waals surface area contributed by atoms with Gasteiger partial charge in [0.25, 0.3) is 0 Å². The van der Waals surface area contributed by atoms with E-state index in [2.05, 4.69) is 43.1 Å². The molecule has 0 bridgehead atoms. The molecule has 0 amide bonds. The van der Waals surface area contributed by atoms with Crippen LogP contribution >= 0.6 is 12.2 Å². The van der Waals surface area contributed by atoms with Gasteiger partial charge < -0.3 is 15.0 Å². The van der Waals surface area contributed by atoms with Crippen molar-refractivity contribution in [3.05, 3.63) is 70.9 Å². The highest BCUT2D eigenvalue weighted by molar-refractivity contribution is 7.80. The van der Waals surface area contributed by atoms with Crippen molar-refractivity contribution in [2.75, 3.05) is 6.54 Å². The van der Waals surface area contributed by atoms with Gasteiger partial charge in [-0.3, -0.25) is 4.79 Å². The first-order valence-electron chi connectivity index (χ1n) is 10.7. The van der Waals surface area contributed by atoms with Crippen molar-refractivity contribution in [1.82, 2.24) is 10.2 Å². The number of ether oxygens (including phenoxy) is 1. The summed E-state index contributed by atoms with van der Waals surface area (Å²) in [5.41, 5.74) is 4.28. The smallest absolute Gasteiger partial charge is 0.173 e. The van der Waals surface area contributed by atoms with E-state index in [-0.39, 0.29) is 11.8 Å². The zero-order valence-corrected chi connectivity index (χ0v) is 18.6. The molecule has 30 heavy (non-hydrogen) atoms. The Kier molecular flexibility index (Phi) is 5.91. The lowest BCUT2D eigenvalue weighted by atomic mass is 9.85. The first kappa shape index (κ1) is 20.6. The zero-order chi connectivity index (χ0) is 21.3. The second-order valence-electron chi connectivity index (χ2n) is 8.16. The van der Waals surface area contributed by atoms with E-state index in [9.17, 15) is 4.79 Å². The second kappa shape index (κ2) is 8.60. The number of hydrogen-bond acceptors (Lipinski definition) is 3. The summed E-state index contributed by atoms with van der Waals surface area (Å²) >= 11 is 5.60. The Morgan fingerprint density at radius 1 is 1.07 bits per heavy atom. The van der Waals surface area contributed by atoms with Crippen LogP contribution in [0.5, 0.6) is 11.5 Å². The molecule has 2 aromatic carbocycles. The average Bonchev–Trinajstić information content (AvgIpc) is 2.74. The molecule has 0 saturated carbocycles. The van der Waals surface area contributed by atoms with Gasteiger partial charge >= 0.3 is 0 Å². The number of ketones is 1. The van der Waals surface area contributed by atoms with E-state index in [4.69, 9.17) is 17.0 Å². The van der Waals surface area contributed by atoms with Crippen LogP contribution in [-0.4, -0.2) is 22.3 Å². The average molecular weight is 421 g/mol. The third-order valence-corrected chi connectivity index (χ3v) is 6.21. The molecule has 2 aromatic rings. The van der Waals surface area contributed by atoms with Crippen molar-refractivity contribution < 1.29 is 9.53 Å². The summed E-state index contributed by atoms with van der Waals surface area (Å²) < 4.78 is 6.01. The number of rotatable bonds is 5. The minimum absolute atomic E-state index is 0.192. The highest BCUT2D eigenvalue weighted by atomic mass is 32.1. The molecule has 1 atom stereocenters. The lowest BCUT2D eigenvalue weighted by Crippen LogP contribution is -2.49. The SMILES string of the molecule is CCN1C(=S)NC(c2ccc(Oc3ccc(C(C)C)cc3)cc2)C2=C1CCCC2=O. The molecular weight excluding hydrogens is 392 g/mol. The molecule has 0 radical (unpaired) electrons. The minimum Gasteiger partial charge on any atom is -0.457 e. The van der Waals surface area contributed by atoms with Crippen LogP contribution in [0.25, 0.3) is 0 Å². The summed E-state index contributed by atoms with van der Waals surface area (Å²) in [6, 6.07) is 16.0. The molecule has 5 heteroatoms. The minimum atomic E-state index is -0.192. The Hall–Kier alpha value is -2.66. The van der Waals surface area contributed by atoms with Gasteiger partial charge in [0, 0.05) is 24.2 Å². The molecule has 1 N–H and O–H groups in total. The number of nitrogens with one attached hydrogen (secondary N) is 1. The van der Waals surface area contributed by atoms with Gasteiger partial charge in [0.15, 0.2) is 10.9 Å². The van der Waals surface area contributed by atoms with Gasteiger partial charge in [0.05, 0.1) is 6.04 Å². The predicted octanol–water partition coefficient (Wildman–Crippen LogP) is 5.86. The van der Waals surface area contributed by atoms with E-state index in [0.29, 0.717) is 17.5 Å². The summed E-state index contributed by atoms with van der Waals surface area (Å²) in [4.78, 5) is 14.8. The van der Waals surface area contributed by atoms with Crippen molar-refractivity contribution in [3.63, 3.8) is 0 Å². The topological polar surface area (TPSA) is 41.6 Å². The molecular formula is C25H28N2O2S. The Morgan fingerprint density at radius 3 is 2.30 bits per heavy atom. The lowest BCUT2D eigenvalue weighted by Gasteiger charge is -2.40. The van der Waals surface area contributed by atoms with Gasteiger partial charge in [-0.2, -0.15) is 0 Å². The first-order valence-corrected chi connectivity index (χ1v) is 11.1. The number of carbonyl (C=O) groups is 1. The normalized spacial score (nSPS) is 19.1. The third kappa shape index (κ3) is 3.99. The lowest BCUT2D eigenvalue weighted by molar-refractivity contribution is -0.116. The van der Waals surface area contributed by atoms with Crippen LogP contribution in [0.15, 0.2) is 59.8 Å². The third-order valence-electron chi connectivity index (χ3n) is 5.87. The van der Waals surface area contributed by atoms with Crippen LogP contribution in [0.3, 0.4) is 0 Å². The Morgan fingerprint density at radius 2 is 1.70 bits per heavy atom. The Balaban J connectivity index is 1.57. The maximum atomic E-state index is 12.8. The van der Waals surface area contributed by atoms with Gasteiger partial charge in [0.1, 0.15) is 11.5 Å². The van der Waals surface area contributed by atoms with Crippen molar-refractivity contribution in [2.24, 2.45) is 0 Å². The number of nitrogens with zero attached hydrogens (tertiary/aromatic N) is 1. The monoisotopic (exact) mass is 420 g/mol. The molecule has 1 aliphatic carbocycles. The number of hydrogen-bond donors (Lipinski definition) is 1. The van der Waals surface area contributed by atoms with Gasteiger partial charge in [-0.05, 0) is 73.3 Å². The fourth-order valence-electron chi connectivity index (χ4n) is 4.22. The fourth-order valence-corrected chi connectivity index (χ4v) is 4.58. The molecule has 156 valence electrons.